The van der Waals surface area contributed by atoms with Crippen LogP contribution in [0.15, 0.2) is 12.1 Å². The maximum absolute atomic E-state index is 8.78. The van der Waals surface area contributed by atoms with E-state index in [2.05, 4.69) is 33.0 Å². The second-order valence-electron chi connectivity index (χ2n) is 1.99. The first-order valence-electron chi connectivity index (χ1n) is 3.00. The number of pyridine rings is 1. The summed E-state index contributed by atoms with van der Waals surface area (Å²) >= 11 is 2.06. The van der Waals surface area contributed by atoms with Gasteiger partial charge in [-0.2, -0.15) is 0 Å². The summed E-state index contributed by atoms with van der Waals surface area (Å²) in [4.78, 5) is 4.04. The molecule has 1 aromatic rings. The molecule has 0 bridgehead atoms. The van der Waals surface area contributed by atoms with Gasteiger partial charge in [-0.1, -0.05) is 0 Å². The summed E-state index contributed by atoms with van der Waals surface area (Å²) in [5, 5.41) is 8.78. The molecule has 1 aromatic heterocycles. The largest absolute Gasteiger partial charge is 0.392 e. The molecule has 0 atom stereocenters. The van der Waals surface area contributed by atoms with Crippen molar-refractivity contribution in [3.8, 4) is 0 Å². The van der Waals surface area contributed by atoms with Crippen molar-refractivity contribution >= 4 is 28.4 Å². The van der Waals surface area contributed by atoms with Gasteiger partial charge < -0.3 is 10.5 Å². The molecule has 11 heavy (non-hydrogen) atoms. The molecule has 4 nitrogen and oxygen atoms in total. The molecule has 0 amide bonds. The number of nitrogens with zero attached hydrogens (tertiary/aromatic N) is 1. The van der Waals surface area contributed by atoms with Crippen LogP contribution in [0.25, 0.3) is 0 Å². The van der Waals surface area contributed by atoms with Crippen molar-refractivity contribution in [3.05, 3.63) is 21.4 Å². The first kappa shape index (κ1) is 8.69. The molecular formula is C6H8IN3O. The lowest BCUT2D eigenvalue weighted by molar-refractivity contribution is 0.281. The number of halogens is 1. The van der Waals surface area contributed by atoms with Crippen molar-refractivity contribution in [2.45, 2.75) is 6.61 Å². The Morgan fingerprint density at radius 1 is 1.64 bits per heavy atom. The lowest BCUT2D eigenvalue weighted by Gasteiger charge is -2.01. The summed E-state index contributed by atoms with van der Waals surface area (Å²) in [5.41, 5.74) is 3.22. The highest BCUT2D eigenvalue weighted by Crippen LogP contribution is 2.10. The van der Waals surface area contributed by atoms with E-state index in [1.807, 2.05) is 0 Å². The van der Waals surface area contributed by atoms with Crippen molar-refractivity contribution in [3.63, 3.8) is 0 Å². The zero-order chi connectivity index (χ0) is 8.27. The molecule has 1 rings (SSSR count). The summed E-state index contributed by atoms with van der Waals surface area (Å²) in [5.74, 6) is 5.72. The first-order chi connectivity index (χ1) is 5.26. The number of nitrogens with two attached hydrogens (primary N) is 1. The number of hydrazine groups is 1. The van der Waals surface area contributed by atoms with Crippen molar-refractivity contribution < 1.29 is 5.11 Å². The Morgan fingerprint density at radius 2 is 2.36 bits per heavy atom. The van der Waals surface area contributed by atoms with Crippen LogP contribution in [0.5, 0.6) is 0 Å². The lowest BCUT2D eigenvalue weighted by atomic mass is 10.3. The van der Waals surface area contributed by atoms with Crippen molar-refractivity contribution in [2.75, 3.05) is 5.43 Å². The number of nitrogens with one attached hydrogen (secondary N) is 1. The normalized spacial score (nSPS) is 9.73. The van der Waals surface area contributed by atoms with Crippen LogP contribution in [0.4, 0.5) is 5.82 Å². The van der Waals surface area contributed by atoms with E-state index in [0.717, 1.165) is 9.26 Å². The Bertz CT molecular complexity index is 231. The molecule has 0 radical (unpaired) electrons. The predicted octanol–water partition coefficient (Wildman–Crippen LogP) is 0.464. The molecule has 0 aliphatic carbocycles. The number of hydrogen-bond acceptors (Lipinski definition) is 4. The second-order valence-corrected chi connectivity index (χ2v) is 3.09. The molecule has 0 aliphatic heterocycles. The van der Waals surface area contributed by atoms with E-state index in [-0.39, 0.29) is 6.61 Å². The van der Waals surface area contributed by atoms with Gasteiger partial charge in [0, 0.05) is 0 Å². The average molecular weight is 265 g/mol. The van der Waals surface area contributed by atoms with E-state index in [0.29, 0.717) is 5.82 Å². The number of nitrogen functional groups attached to an aromatic ring is 1. The third-order valence-corrected chi connectivity index (χ3v) is 1.74. The minimum Gasteiger partial charge on any atom is -0.392 e. The van der Waals surface area contributed by atoms with Crippen LogP contribution in [0, 0.1) is 3.70 Å². The molecule has 0 fully saturated rings. The van der Waals surface area contributed by atoms with Gasteiger partial charge in [-0.15, -0.1) is 0 Å². The lowest BCUT2D eigenvalue weighted by Crippen LogP contribution is -2.09. The van der Waals surface area contributed by atoms with Crippen LogP contribution in [-0.2, 0) is 6.61 Å². The molecular weight excluding hydrogens is 257 g/mol. The molecule has 0 spiro atoms. The molecule has 4 N–H and O–H groups in total. The van der Waals surface area contributed by atoms with Crippen LogP contribution in [0.3, 0.4) is 0 Å². The third-order valence-electron chi connectivity index (χ3n) is 1.18. The highest BCUT2D eigenvalue weighted by molar-refractivity contribution is 14.1. The number of aliphatic hydroxyl groups is 1. The van der Waals surface area contributed by atoms with Gasteiger partial charge in [0.2, 0.25) is 0 Å². The molecule has 0 aromatic carbocycles. The number of anilines is 1. The van der Waals surface area contributed by atoms with Gasteiger partial charge in [-0.25, -0.2) is 10.8 Å². The monoisotopic (exact) mass is 265 g/mol. The molecule has 60 valence electrons. The molecule has 5 heteroatoms. The van der Waals surface area contributed by atoms with Crippen LogP contribution in [0.1, 0.15) is 5.56 Å². The fraction of sp³-hybridized carbons (Fsp3) is 0.167. The fourth-order valence-electron chi connectivity index (χ4n) is 0.715. The van der Waals surface area contributed by atoms with E-state index >= 15 is 0 Å². The minimum atomic E-state index is 0.00714. The summed E-state index contributed by atoms with van der Waals surface area (Å²) < 4.78 is 0.808. The number of rotatable bonds is 2. The van der Waals surface area contributed by atoms with Gasteiger partial charge >= 0.3 is 0 Å². The Hall–Kier alpha value is -0.400. The van der Waals surface area contributed by atoms with Gasteiger partial charge in [0.05, 0.1) is 6.61 Å². The maximum atomic E-state index is 8.78. The molecule has 0 saturated carbocycles. The van der Waals surface area contributed by atoms with Crippen LogP contribution in [0.2, 0.25) is 0 Å². The molecule has 0 aliphatic rings. The first-order valence-corrected chi connectivity index (χ1v) is 4.08. The second kappa shape index (κ2) is 3.84. The predicted molar refractivity (Wildman–Crippen MR) is 50.7 cm³/mol. The van der Waals surface area contributed by atoms with Gasteiger partial charge in [-0.05, 0) is 40.3 Å². The summed E-state index contributed by atoms with van der Waals surface area (Å²) in [6.45, 7) is 0.00714. The van der Waals surface area contributed by atoms with Crippen molar-refractivity contribution in [2.24, 2.45) is 5.84 Å². The SMILES string of the molecule is NNc1cc(CO)cc(I)n1. The van der Waals surface area contributed by atoms with Gasteiger partial charge in [0.15, 0.2) is 0 Å². The quantitative estimate of drug-likeness (QED) is 0.314. The smallest absolute Gasteiger partial charge is 0.141 e. The Balaban J connectivity index is 3.02. The van der Waals surface area contributed by atoms with E-state index < -0.39 is 0 Å². The summed E-state index contributed by atoms with van der Waals surface area (Å²) in [6.07, 6.45) is 0. The van der Waals surface area contributed by atoms with Crippen LogP contribution < -0.4 is 11.3 Å². The topological polar surface area (TPSA) is 71.2 Å². The fourth-order valence-corrected chi connectivity index (χ4v) is 1.37. The highest BCUT2D eigenvalue weighted by Gasteiger charge is 1.97. The molecule has 0 saturated heterocycles. The highest BCUT2D eigenvalue weighted by atomic mass is 127. The van der Waals surface area contributed by atoms with Crippen molar-refractivity contribution in [1.29, 1.82) is 0 Å². The maximum Gasteiger partial charge on any atom is 0.141 e. The van der Waals surface area contributed by atoms with Gasteiger partial charge in [0.25, 0.3) is 0 Å². The van der Waals surface area contributed by atoms with Gasteiger partial charge in [-0.3, -0.25) is 0 Å². The van der Waals surface area contributed by atoms with Crippen LogP contribution in [-0.4, -0.2) is 10.1 Å². The Kier molecular flexibility index (Phi) is 3.03. The van der Waals surface area contributed by atoms with E-state index in [1.165, 1.54) is 0 Å². The van der Waals surface area contributed by atoms with Gasteiger partial charge in [0.1, 0.15) is 9.52 Å². The van der Waals surface area contributed by atoms with Crippen molar-refractivity contribution in [1.82, 2.24) is 4.98 Å². The Morgan fingerprint density at radius 3 is 2.91 bits per heavy atom. The summed E-state index contributed by atoms with van der Waals surface area (Å²) in [6, 6.07) is 3.49. The average Bonchev–Trinajstić information content (AvgIpc) is 2.03. The Labute approximate surface area is 77.9 Å². The zero-order valence-electron chi connectivity index (χ0n) is 5.71. The van der Waals surface area contributed by atoms with E-state index in [9.17, 15) is 0 Å². The van der Waals surface area contributed by atoms with E-state index in [4.69, 9.17) is 10.9 Å². The molecule has 1 heterocycles. The summed E-state index contributed by atoms with van der Waals surface area (Å²) in [7, 11) is 0. The molecule has 0 unspecified atom stereocenters. The van der Waals surface area contributed by atoms with E-state index in [1.54, 1.807) is 12.1 Å². The standard InChI is InChI=1S/C6H8IN3O/c7-5-1-4(3-11)2-6(9-5)10-8/h1-2,11H,3,8H2,(H,9,10). The number of aromatic nitrogens is 1. The third kappa shape index (κ3) is 2.28. The van der Waals surface area contributed by atoms with Crippen LogP contribution >= 0.6 is 22.6 Å². The zero-order valence-corrected chi connectivity index (χ0v) is 7.87. The minimum absolute atomic E-state index is 0.00714. The number of aliphatic hydroxyl groups excluding tert-OH is 1. The number of hydrogen-bond donors (Lipinski definition) is 3.